The molecule has 2 aliphatic rings. The first-order chi connectivity index (χ1) is 11.2. The topological polar surface area (TPSA) is 110 Å². The van der Waals surface area contributed by atoms with E-state index in [1.165, 1.54) is 22.5 Å². The van der Waals surface area contributed by atoms with Crippen molar-refractivity contribution in [3.05, 3.63) is 18.2 Å². The maximum absolute atomic E-state index is 12.9. The van der Waals surface area contributed by atoms with Gasteiger partial charge in [-0.2, -0.15) is 4.31 Å². The summed E-state index contributed by atoms with van der Waals surface area (Å²) in [5.41, 5.74) is 0.294. The predicted molar refractivity (Wildman–Crippen MR) is 87.2 cm³/mol. The van der Waals surface area contributed by atoms with E-state index in [1.807, 2.05) is 0 Å². The van der Waals surface area contributed by atoms with E-state index >= 15 is 0 Å². The average Bonchev–Trinajstić information content (AvgIpc) is 2.86. The lowest BCUT2D eigenvalue weighted by Gasteiger charge is -2.26. The number of benzene rings is 1. The van der Waals surface area contributed by atoms with E-state index < -0.39 is 25.9 Å². The quantitative estimate of drug-likeness (QED) is 0.807. The number of hydrogen-bond donors (Lipinski definition) is 1. The van der Waals surface area contributed by atoms with Gasteiger partial charge in [-0.25, -0.2) is 16.8 Å². The molecule has 1 saturated heterocycles. The zero-order valence-electron chi connectivity index (χ0n) is 13.1. The molecule has 1 amide bonds. The lowest BCUT2D eigenvalue weighted by molar-refractivity contribution is -0.118. The van der Waals surface area contributed by atoms with Gasteiger partial charge in [-0.3, -0.25) is 4.79 Å². The van der Waals surface area contributed by atoms with E-state index in [2.05, 4.69) is 5.32 Å². The van der Waals surface area contributed by atoms with Crippen LogP contribution in [-0.2, 0) is 24.7 Å². The van der Waals surface area contributed by atoms with Crippen LogP contribution in [0.4, 0.5) is 5.69 Å². The van der Waals surface area contributed by atoms with Crippen LogP contribution in [0.25, 0.3) is 0 Å². The van der Waals surface area contributed by atoms with Crippen molar-refractivity contribution in [2.75, 3.05) is 30.0 Å². The number of amides is 1. The summed E-state index contributed by atoms with van der Waals surface area (Å²) in [5, 5.41) is 2.57. The Balaban J connectivity index is 1.94. The Kier molecular flexibility index (Phi) is 4.30. The van der Waals surface area contributed by atoms with Gasteiger partial charge in [0.2, 0.25) is 10.0 Å². The Morgan fingerprint density at radius 2 is 2.12 bits per heavy atom. The summed E-state index contributed by atoms with van der Waals surface area (Å²) < 4.78 is 55.6. The van der Waals surface area contributed by atoms with Crippen LogP contribution in [-0.4, -0.2) is 57.7 Å². The predicted octanol–water partition coefficient (Wildman–Crippen LogP) is 0.215. The monoisotopic (exact) mass is 374 g/mol. The number of nitrogens with one attached hydrogen (secondary N) is 1. The number of hydrogen-bond acceptors (Lipinski definition) is 6. The van der Waals surface area contributed by atoms with E-state index in [0.717, 1.165) is 0 Å². The van der Waals surface area contributed by atoms with Gasteiger partial charge in [0.05, 0.1) is 22.1 Å². The molecule has 0 aromatic heterocycles. The highest BCUT2D eigenvalue weighted by Crippen LogP contribution is 2.32. The van der Waals surface area contributed by atoms with Crippen LogP contribution < -0.4 is 10.1 Å². The van der Waals surface area contributed by atoms with Crippen molar-refractivity contribution in [1.29, 1.82) is 0 Å². The standard InChI is InChI=1S/C14H18N2O6S2/c1-2-16(10-5-6-23(18,19)9-10)24(20,21)11-3-4-13-12(7-11)15-14(17)8-22-13/h3-4,7,10H,2,5-6,8-9H2,1H3,(H,15,17). The second-order valence-electron chi connectivity index (χ2n) is 5.76. The fourth-order valence-electron chi connectivity index (χ4n) is 2.98. The molecule has 1 atom stereocenters. The largest absolute Gasteiger partial charge is 0.482 e. The average molecular weight is 374 g/mol. The minimum Gasteiger partial charge on any atom is -0.482 e. The third-order valence-electron chi connectivity index (χ3n) is 4.12. The van der Waals surface area contributed by atoms with Crippen molar-refractivity contribution in [1.82, 2.24) is 4.31 Å². The molecule has 24 heavy (non-hydrogen) atoms. The number of fused-ring (bicyclic) bond motifs is 1. The highest BCUT2D eigenvalue weighted by atomic mass is 32.2. The molecule has 8 nitrogen and oxygen atoms in total. The zero-order valence-corrected chi connectivity index (χ0v) is 14.7. The van der Waals surface area contributed by atoms with Gasteiger partial charge in [-0.1, -0.05) is 6.92 Å². The highest BCUT2D eigenvalue weighted by molar-refractivity contribution is 7.92. The van der Waals surface area contributed by atoms with Crippen molar-refractivity contribution in [2.45, 2.75) is 24.3 Å². The SMILES string of the molecule is CCN(C1CCS(=O)(=O)C1)S(=O)(=O)c1ccc2c(c1)NC(=O)CO2. The highest BCUT2D eigenvalue weighted by Gasteiger charge is 2.38. The molecular weight excluding hydrogens is 356 g/mol. The summed E-state index contributed by atoms with van der Waals surface area (Å²) in [6.45, 7) is 1.73. The Morgan fingerprint density at radius 1 is 1.38 bits per heavy atom. The van der Waals surface area contributed by atoms with Crippen LogP contribution in [0.1, 0.15) is 13.3 Å². The van der Waals surface area contributed by atoms with Crippen molar-refractivity contribution in [3.8, 4) is 5.75 Å². The zero-order chi connectivity index (χ0) is 17.5. The van der Waals surface area contributed by atoms with Gasteiger partial charge in [-0.05, 0) is 24.6 Å². The number of rotatable bonds is 4. The van der Waals surface area contributed by atoms with Gasteiger partial charge < -0.3 is 10.1 Å². The first-order valence-corrected chi connectivity index (χ1v) is 10.8. The molecule has 2 heterocycles. The van der Waals surface area contributed by atoms with E-state index in [4.69, 9.17) is 4.74 Å². The number of carbonyl (C=O) groups excluding carboxylic acids is 1. The molecule has 132 valence electrons. The van der Waals surface area contributed by atoms with E-state index in [-0.39, 0.29) is 35.5 Å². The van der Waals surface area contributed by atoms with Crippen LogP contribution >= 0.6 is 0 Å². The van der Waals surface area contributed by atoms with Crippen LogP contribution in [0.2, 0.25) is 0 Å². The molecule has 2 aliphatic heterocycles. The van der Waals surface area contributed by atoms with Crippen LogP contribution in [0.15, 0.2) is 23.1 Å². The molecule has 0 bridgehead atoms. The molecule has 0 aliphatic carbocycles. The summed E-state index contributed by atoms with van der Waals surface area (Å²) in [5.74, 6) is -0.117. The first-order valence-electron chi connectivity index (χ1n) is 7.52. The lowest BCUT2D eigenvalue weighted by Crippen LogP contribution is -2.41. The van der Waals surface area contributed by atoms with Gasteiger partial charge >= 0.3 is 0 Å². The fraction of sp³-hybridized carbons (Fsp3) is 0.500. The summed E-state index contributed by atoms with van der Waals surface area (Å²) >= 11 is 0. The molecular formula is C14H18N2O6S2. The Bertz CT molecular complexity index is 879. The summed E-state index contributed by atoms with van der Waals surface area (Å²) in [4.78, 5) is 11.4. The third kappa shape index (κ3) is 3.13. The molecule has 1 aromatic carbocycles. The number of nitrogens with zero attached hydrogens (tertiary/aromatic N) is 1. The van der Waals surface area contributed by atoms with Gasteiger partial charge in [0.25, 0.3) is 5.91 Å². The molecule has 1 fully saturated rings. The number of ether oxygens (including phenoxy) is 1. The van der Waals surface area contributed by atoms with Crippen LogP contribution in [0.5, 0.6) is 5.75 Å². The second kappa shape index (κ2) is 6.01. The van der Waals surface area contributed by atoms with Crippen molar-refractivity contribution in [3.63, 3.8) is 0 Å². The molecule has 1 N–H and O–H groups in total. The van der Waals surface area contributed by atoms with Gasteiger partial charge in [0, 0.05) is 12.6 Å². The molecule has 0 saturated carbocycles. The summed E-state index contributed by atoms with van der Waals surface area (Å²) in [6, 6.07) is 3.67. The molecule has 0 radical (unpaired) electrons. The molecule has 0 spiro atoms. The first kappa shape index (κ1) is 17.2. The van der Waals surface area contributed by atoms with Gasteiger partial charge in [0.15, 0.2) is 16.4 Å². The van der Waals surface area contributed by atoms with Gasteiger partial charge in [-0.15, -0.1) is 0 Å². The number of sulfone groups is 1. The number of sulfonamides is 1. The Hall–Kier alpha value is -1.65. The van der Waals surface area contributed by atoms with Gasteiger partial charge in [0.1, 0.15) is 5.75 Å². The Morgan fingerprint density at radius 3 is 2.75 bits per heavy atom. The number of anilines is 1. The summed E-state index contributed by atoms with van der Waals surface area (Å²) in [6.07, 6.45) is 0.292. The van der Waals surface area contributed by atoms with Crippen molar-refractivity contribution >= 4 is 31.5 Å². The van der Waals surface area contributed by atoms with E-state index in [0.29, 0.717) is 17.9 Å². The van der Waals surface area contributed by atoms with Crippen molar-refractivity contribution < 1.29 is 26.4 Å². The van der Waals surface area contributed by atoms with Crippen LogP contribution in [0.3, 0.4) is 0 Å². The molecule has 1 unspecified atom stereocenters. The normalized spacial score (nSPS) is 22.8. The van der Waals surface area contributed by atoms with E-state index in [9.17, 15) is 21.6 Å². The fourth-order valence-corrected chi connectivity index (χ4v) is 6.50. The number of carbonyl (C=O) groups is 1. The third-order valence-corrected chi connectivity index (χ3v) is 7.89. The van der Waals surface area contributed by atoms with Crippen LogP contribution in [0, 0.1) is 0 Å². The minimum atomic E-state index is -3.87. The lowest BCUT2D eigenvalue weighted by atomic mass is 10.2. The Labute approximate surface area is 140 Å². The summed E-state index contributed by atoms with van der Waals surface area (Å²) in [7, 11) is -7.07. The molecule has 10 heteroatoms. The minimum absolute atomic E-state index is 0.00167. The molecule has 1 aromatic rings. The van der Waals surface area contributed by atoms with E-state index in [1.54, 1.807) is 6.92 Å². The van der Waals surface area contributed by atoms with Crippen molar-refractivity contribution in [2.24, 2.45) is 0 Å². The molecule has 3 rings (SSSR count). The maximum atomic E-state index is 12.9. The smallest absolute Gasteiger partial charge is 0.262 e. The maximum Gasteiger partial charge on any atom is 0.262 e. The second-order valence-corrected chi connectivity index (χ2v) is 9.88.